The number of nitrogens with zero attached hydrogens (tertiary/aromatic N) is 5. The van der Waals surface area contributed by atoms with Gasteiger partial charge in [0.2, 0.25) is 11.8 Å². The Morgan fingerprint density at radius 2 is 1.67 bits per heavy atom. The average Bonchev–Trinajstić information content (AvgIpc) is 3.77. The van der Waals surface area contributed by atoms with Crippen molar-refractivity contribution < 1.29 is 28.1 Å². The number of hydrogen-bond acceptors (Lipinski definition) is 10. The molecular formula is C34H34N8O6. The second-order valence-corrected chi connectivity index (χ2v) is 11.9. The molecule has 2 atom stereocenters. The van der Waals surface area contributed by atoms with E-state index >= 15 is 0 Å². The smallest absolute Gasteiger partial charge is 0.274 e. The molecule has 6 rings (SSSR count). The lowest BCUT2D eigenvalue weighted by atomic mass is 10.0. The van der Waals surface area contributed by atoms with E-state index in [1.54, 1.807) is 18.2 Å². The molecule has 1 aliphatic rings. The van der Waals surface area contributed by atoms with Crippen molar-refractivity contribution >= 4 is 34.7 Å². The molecule has 4 heterocycles. The van der Waals surface area contributed by atoms with Crippen LogP contribution in [0.1, 0.15) is 75.0 Å². The number of carbonyl (C=O) groups is 4. The van der Waals surface area contributed by atoms with Gasteiger partial charge in [-0.1, -0.05) is 61.5 Å². The zero-order valence-corrected chi connectivity index (χ0v) is 26.4. The summed E-state index contributed by atoms with van der Waals surface area (Å²) in [5.41, 5.74) is 2.04. The Labute approximate surface area is 275 Å². The van der Waals surface area contributed by atoms with Gasteiger partial charge in [-0.2, -0.15) is 0 Å². The first kappa shape index (κ1) is 32.0. The zero-order valence-electron chi connectivity index (χ0n) is 26.4. The molecule has 5 aromatic rings. The number of rotatable bonds is 5. The van der Waals surface area contributed by atoms with Crippen molar-refractivity contribution in [2.45, 2.75) is 45.3 Å². The average molecular weight is 651 g/mol. The Kier molecular flexibility index (Phi) is 9.50. The SMILES string of the molecule is CC(C)C[C@H]1NC(=O)c2cc(on2)CN(C(=O)c2cnc3ccccc3n2)CCNC(=O)[C@H](Cc2ccccc2)NC(=O)c2coc1n2. The van der Waals surface area contributed by atoms with Gasteiger partial charge in [0.25, 0.3) is 17.7 Å². The summed E-state index contributed by atoms with van der Waals surface area (Å²) in [5.74, 6) is -1.60. The fourth-order valence-corrected chi connectivity index (χ4v) is 5.36. The first-order chi connectivity index (χ1) is 23.2. The van der Waals surface area contributed by atoms with E-state index in [1.165, 1.54) is 23.4 Å². The minimum atomic E-state index is -0.975. The van der Waals surface area contributed by atoms with Crippen LogP contribution in [0.25, 0.3) is 11.0 Å². The zero-order chi connectivity index (χ0) is 33.6. The van der Waals surface area contributed by atoms with Gasteiger partial charge in [0.05, 0.1) is 23.8 Å². The highest BCUT2D eigenvalue weighted by atomic mass is 16.5. The van der Waals surface area contributed by atoms with Crippen molar-refractivity contribution in [3.05, 3.63) is 107 Å². The van der Waals surface area contributed by atoms with Gasteiger partial charge in [0, 0.05) is 25.6 Å². The number of nitrogens with one attached hydrogen (secondary N) is 3. The Hall–Kier alpha value is -5.92. The third-order valence-corrected chi connectivity index (χ3v) is 7.74. The van der Waals surface area contributed by atoms with E-state index in [2.05, 4.69) is 36.1 Å². The molecule has 246 valence electrons. The summed E-state index contributed by atoms with van der Waals surface area (Å²) in [6.07, 6.45) is 3.24. The molecule has 3 N–H and O–H groups in total. The van der Waals surface area contributed by atoms with Crippen LogP contribution in [0.4, 0.5) is 0 Å². The van der Waals surface area contributed by atoms with E-state index in [0.717, 1.165) is 5.56 Å². The summed E-state index contributed by atoms with van der Waals surface area (Å²) in [5, 5.41) is 12.4. The minimum absolute atomic E-state index is 0.0145. The van der Waals surface area contributed by atoms with Crippen LogP contribution in [0, 0.1) is 5.92 Å². The predicted molar refractivity (Wildman–Crippen MR) is 171 cm³/mol. The lowest BCUT2D eigenvalue weighted by Crippen LogP contribution is -2.49. The summed E-state index contributed by atoms with van der Waals surface area (Å²) < 4.78 is 11.1. The summed E-state index contributed by atoms with van der Waals surface area (Å²) in [6.45, 7) is 3.93. The largest absolute Gasteiger partial charge is 0.446 e. The lowest BCUT2D eigenvalue weighted by Gasteiger charge is -2.23. The molecule has 4 bridgehead atoms. The molecule has 0 saturated heterocycles. The van der Waals surface area contributed by atoms with Gasteiger partial charge in [-0.3, -0.25) is 24.2 Å². The molecule has 14 nitrogen and oxygen atoms in total. The van der Waals surface area contributed by atoms with Crippen LogP contribution < -0.4 is 16.0 Å². The first-order valence-electron chi connectivity index (χ1n) is 15.6. The van der Waals surface area contributed by atoms with Crippen molar-refractivity contribution in [1.82, 2.24) is 41.0 Å². The molecule has 0 spiro atoms. The van der Waals surface area contributed by atoms with E-state index in [4.69, 9.17) is 8.94 Å². The van der Waals surface area contributed by atoms with Gasteiger partial charge in [-0.05, 0) is 30.0 Å². The summed E-state index contributed by atoms with van der Waals surface area (Å²) >= 11 is 0. The molecule has 1 aliphatic heterocycles. The Morgan fingerprint density at radius 1 is 0.938 bits per heavy atom. The normalized spacial score (nSPS) is 17.7. The molecule has 0 aliphatic carbocycles. The van der Waals surface area contributed by atoms with Gasteiger partial charge in [-0.15, -0.1) is 0 Å². The number of para-hydroxylation sites is 2. The molecule has 2 aromatic carbocycles. The van der Waals surface area contributed by atoms with Gasteiger partial charge >= 0.3 is 0 Å². The van der Waals surface area contributed by atoms with Crippen molar-refractivity contribution in [2.24, 2.45) is 5.92 Å². The van der Waals surface area contributed by atoms with Crippen LogP contribution in [-0.4, -0.2) is 67.8 Å². The summed E-state index contributed by atoms with van der Waals surface area (Å²) in [7, 11) is 0. The number of fused-ring (bicyclic) bond motifs is 5. The van der Waals surface area contributed by atoms with Crippen molar-refractivity contribution in [3.8, 4) is 0 Å². The fourth-order valence-electron chi connectivity index (χ4n) is 5.36. The Balaban J connectivity index is 1.32. The fraction of sp³-hybridized carbons (Fsp3) is 0.294. The molecule has 3 aromatic heterocycles. The minimum Gasteiger partial charge on any atom is -0.446 e. The number of benzene rings is 2. The van der Waals surface area contributed by atoms with Crippen LogP contribution in [0.15, 0.2) is 82.1 Å². The van der Waals surface area contributed by atoms with Gasteiger partial charge < -0.3 is 29.8 Å². The predicted octanol–water partition coefficient (Wildman–Crippen LogP) is 3.24. The van der Waals surface area contributed by atoms with Gasteiger partial charge in [0.15, 0.2) is 17.1 Å². The van der Waals surface area contributed by atoms with Crippen LogP contribution in [-0.2, 0) is 17.8 Å². The van der Waals surface area contributed by atoms with Crippen molar-refractivity contribution in [1.29, 1.82) is 0 Å². The molecule has 0 fully saturated rings. The first-order valence-corrected chi connectivity index (χ1v) is 15.6. The highest BCUT2D eigenvalue weighted by Gasteiger charge is 2.29. The monoisotopic (exact) mass is 650 g/mol. The molecule has 14 heteroatoms. The van der Waals surface area contributed by atoms with Crippen LogP contribution in [0.2, 0.25) is 0 Å². The summed E-state index contributed by atoms with van der Waals surface area (Å²) in [6, 6.07) is 16.2. The van der Waals surface area contributed by atoms with E-state index in [-0.39, 0.29) is 60.7 Å². The standard InChI is InChI=1S/C34H34N8O6/c1-20(2)14-27-33-40-29(19-47-33)32(45)38-25(15-21-8-4-3-5-9-21)30(43)35-12-13-42(18-22-16-26(41-48-22)31(44)39-27)34(46)28-17-36-23-10-6-7-11-24(23)37-28/h3-11,16-17,19-20,25,27H,12-15,18H2,1-2H3,(H,35,43)(H,38,45)(H,39,44)/t25-,27+/m0/s1. The van der Waals surface area contributed by atoms with E-state index < -0.39 is 35.7 Å². The van der Waals surface area contributed by atoms with Crippen molar-refractivity contribution in [3.63, 3.8) is 0 Å². The van der Waals surface area contributed by atoms with E-state index in [0.29, 0.717) is 17.5 Å². The Morgan fingerprint density at radius 3 is 2.46 bits per heavy atom. The van der Waals surface area contributed by atoms with Gasteiger partial charge in [-0.25, -0.2) is 9.97 Å². The number of carbonyl (C=O) groups excluding carboxylic acids is 4. The third-order valence-electron chi connectivity index (χ3n) is 7.74. The quantitative estimate of drug-likeness (QED) is 0.255. The highest BCUT2D eigenvalue weighted by Crippen LogP contribution is 2.22. The molecule has 0 saturated carbocycles. The van der Waals surface area contributed by atoms with Crippen LogP contribution in [0.3, 0.4) is 0 Å². The number of aromatic nitrogens is 4. The van der Waals surface area contributed by atoms with Crippen LogP contribution >= 0.6 is 0 Å². The molecule has 0 radical (unpaired) electrons. The third kappa shape index (κ3) is 7.54. The van der Waals surface area contributed by atoms with Gasteiger partial charge in [0.1, 0.15) is 24.0 Å². The molecular weight excluding hydrogens is 616 g/mol. The highest BCUT2D eigenvalue weighted by molar-refractivity contribution is 5.96. The molecule has 48 heavy (non-hydrogen) atoms. The maximum absolute atomic E-state index is 13.8. The van der Waals surface area contributed by atoms with E-state index in [1.807, 2.05) is 50.2 Å². The van der Waals surface area contributed by atoms with E-state index in [9.17, 15) is 19.2 Å². The summed E-state index contributed by atoms with van der Waals surface area (Å²) in [4.78, 5) is 68.6. The maximum atomic E-state index is 13.8. The molecule has 0 unspecified atom stereocenters. The second kappa shape index (κ2) is 14.2. The molecule has 4 amide bonds. The second-order valence-electron chi connectivity index (χ2n) is 11.9. The number of amides is 4. The lowest BCUT2D eigenvalue weighted by molar-refractivity contribution is -0.123. The van der Waals surface area contributed by atoms with Crippen molar-refractivity contribution in [2.75, 3.05) is 13.1 Å². The number of hydrogen-bond donors (Lipinski definition) is 3. The maximum Gasteiger partial charge on any atom is 0.274 e. The Bertz CT molecular complexity index is 1940. The van der Waals surface area contributed by atoms with Crippen LogP contribution in [0.5, 0.6) is 0 Å². The topological polar surface area (TPSA) is 185 Å². The number of oxazole rings is 1.